The first kappa shape index (κ1) is 11.8. The Morgan fingerprint density at radius 2 is 1.79 bits per heavy atom. The van der Waals surface area contributed by atoms with Crippen LogP contribution in [0, 0.1) is 12.7 Å². The van der Waals surface area contributed by atoms with E-state index in [4.69, 9.17) is 4.74 Å². The number of halogens is 1. The van der Waals surface area contributed by atoms with E-state index in [1.807, 2.05) is 18.2 Å². The van der Waals surface area contributed by atoms with Crippen LogP contribution in [0.1, 0.15) is 5.56 Å². The quantitative estimate of drug-likeness (QED) is 0.726. The maximum absolute atomic E-state index is 13.0. The van der Waals surface area contributed by atoms with Crippen LogP contribution in [0.3, 0.4) is 0 Å². The molecule has 3 rings (SSSR count). The second-order valence-corrected chi connectivity index (χ2v) is 4.54. The molecule has 96 valence electrons. The van der Waals surface area contributed by atoms with Crippen LogP contribution in [0.25, 0.3) is 22.2 Å². The van der Waals surface area contributed by atoms with Crippen LogP contribution in [0.15, 0.2) is 42.5 Å². The van der Waals surface area contributed by atoms with Crippen LogP contribution in [0.2, 0.25) is 0 Å². The molecule has 0 aliphatic heterocycles. The van der Waals surface area contributed by atoms with Gasteiger partial charge in [0.1, 0.15) is 11.6 Å². The molecule has 0 fully saturated rings. The number of aryl methyl sites for hydroxylation is 1. The summed E-state index contributed by atoms with van der Waals surface area (Å²) in [5.74, 6) is 0.611. The molecule has 1 heterocycles. The second kappa shape index (κ2) is 4.43. The van der Waals surface area contributed by atoms with E-state index in [1.165, 1.54) is 12.1 Å². The van der Waals surface area contributed by atoms with Gasteiger partial charge in [-0.1, -0.05) is 0 Å². The third kappa shape index (κ3) is 1.97. The Morgan fingerprint density at radius 1 is 1.05 bits per heavy atom. The molecule has 0 aliphatic rings. The Hall–Kier alpha value is -2.29. The minimum absolute atomic E-state index is 0.223. The van der Waals surface area contributed by atoms with Crippen molar-refractivity contribution >= 4 is 10.9 Å². The summed E-state index contributed by atoms with van der Waals surface area (Å²) >= 11 is 0. The van der Waals surface area contributed by atoms with E-state index in [0.717, 1.165) is 33.5 Å². The lowest BCUT2D eigenvalue weighted by Crippen LogP contribution is -1.82. The number of nitrogens with one attached hydrogen (secondary N) is 1. The average molecular weight is 255 g/mol. The van der Waals surface area contributed by atoms with Gasteiger partial charge >= 0.3 is 0 Å². The molecule has 0 bridgehead atoms. The number of rotatable bonds is 2. The highest BCUT2D eigenvalue weighted by atomic mass is 19.1. The van der Waals surface area contributed by atoms with Gasteiger partial charge in [-0.3, -0.25) is 0 Å². The smallest absolute Gasteiger partial charge is 0.123 e. The van der Waals surface area contributed by atoms with Crippen LogP contribution in [0.4, 0.5) is 4.39 Å². The fourth-order valence-corrected chi connectivity index (χ4v) is 2.34. The standard InChI is InChI=1S/C16H14FNO/c1-10-14-9-13(19-2)7-8-15(14)18-16(10)11-3-5-12(17)6-4-11/h3-9,18H,1-2H3. The van der Waals surface area contributed by atoms with Crippen molar-refractivity contribution in [2.24, 2.45) is 0 Å². The van der Waals surface area contributed by atoms with Gasteiger partial charge in [0.2, 0.25) is 0 Å². The van der Waals surface area contributed by atoms with Crippen molar-refractivity contribution in [1.29, 1.82) is 0 Å². The molecule has 0 radical (unpaired) electrons. The zero-order valence-corrected chi connectivity index (χ0v) is 10.8. The van der Waals surface area contributed by atoms with Crippen molar-refractivity contribution in [1.82, 2.24) is 4.98 Å². The molecule has 0 atom stereocenters. The highest BCUT2D eigenvalue weighted by molar-refractivity contribution is 5.91. The van der Waals surface area contributed by atoms with E-state index in [-0.39, 0.29) is 5.82 Å². The minimum atomic E-state index is -0.223. The summed E-state index contributed by atoms with van der Waals surface area (Å²) in [6.45, 7) is 2.05. The van der Waals surface area contributed by atoms with E-state index in [0.29, 0.717) is 0 Å². The van der Waals surface area contributed by atoms with Crippen LogP contribution in [0.5, 0.6) is 5.75 Å². The molecule has 0 amide bonds. The van der Waals surface area contributed by atoms with Crippen molar-refractivity contribution in [3.63, 3.8) is 0 Å². The Balaban J connectivity index is 2.19. The zero-order chi connectivity index (χ0) is 13.4. The lowest BCUT2D eigenvalue weighted by atomic mass is 10.1. The fourth-order valence-electron chi connectivity index (χ4n) is 2.34. The molecule has 1 N–H and O–H groups in total. The van der Waals surface area contributed by atoms with E-state index in [1.54, 1.807) is 19.2 Å². The van der Waals surface area contributed by atoms with Gasteiger partial charge in [-0.15, -0.1) is 0 Å². The number of methoxy groups -OCH3 is 1. The molecule has 0 saturated carbocycles. The molecule has 3 heteroatoms. The second-order valence-electron chi connectivity index (χ2n) is 4.54. The summed E-state index contributed by atoms with van der Waals surface area (Å²) in [7, 11) is 1.66. The summed E-state index contributed by atoms with van der Waals surface area (Å²) in [4.78, 5) is 3.37. The number of aromatic amines is 1. The predicted molar refractivity (Wildman–Crippen MR) is 75.0 cm³/mol. The van der Waals surface area contributed by atoms with Crippen molar-refractivity contribution in [2.45, 2.75) is 6.92 Å². The number of fused-ring (bicyclic) bond motifs is 1. The monoisotopic (exact) mass is 255 g/mol. The summed E-state index contributed by atoms with van der Waals surface area (Å²) < 4.78 is 18.2. The number of aromatic nitrogens is 1. The molecule has 1 aromatic heterocycles. The summed E-state index contributed by atoms with van der Waals surface area (Å²) in [6.07, 6.45) is 0. The summed E-state index contributed by atoms with van der Waals surface area (Å²) in [5, 5.41) is 1.12. The van der Waals surface area contributed by atoms with Gasteiger partial charge in [-0.2, -0.15) is 0 Å². The molecule has 3 aromatic rings. The van der Waals surface area contributed by atoms with Crippen LogP contribution < -0.4 is 4.74 Å². The van der Waals surface area contributed by atoms with Crippen LogP contribution in [-0.4, -0.2) is 12.1 Å². The maximum atomic E-state index is 13.0. The first-order valence-electron chi connectivity index (χ1n) is 6.11. The Morgan fingerprint density at radius 3 is 2.47 bits per heavy atom. The Kier molecular flexibility index (Phi) is 2.75. The minimum Gasteiger partial charge on any atom is -0.497 e. The molecule has 2 nitrogen and oxygen atoms in total. The van der Waals surface area contributed by atoms with Gasteiger partial charge in [0, 0.05) is 16.6 Å². The van der Waals surface area contributed by atoms with Gasteiger partial charge in [-0.25, -0.2) is 4.39 Å². The van der Waals surface area contributed by atoms with Crippen molar-refractivity contribution < 1.29 is 9.13 Å². The number of hydrogen-bond donors (Lipinski definition) is 1. The predicted octanol–water partition coefficient (Wildman–Crippen LogP) is 4.29. The molecule has 0 saturated heterocycles. The van der Waals surface area contributed by atoms with Crippen LogP contribution in [-0.2, 0) is 0 Å². The average Bonchev–Trinajstić information content (AvgIpc) is 2.76. The van der Waals surface area contributed by atoms with Crippen molar-refractivity contribution in [3.8, 4) is 17.0 Å². The number of H-pyrrole nitrogens is 1. The summed E-state index contributed by atoms with van der Waals surface area (Å²) in [5.41, 5.74) is 4.19. The lowest BCUT2D eigenvalue weighted by molar-refractivity contribution is 0.415. The Bertz CT molecular complexity index is 728. The molecular weight excluding hydrogens is 241 g/mol. The Labute approximate surface area is 110 Å². The van der Waals surface area contributed by atoms with Crippen molar-refractivity contribution in [3.05, 3.63) is 53.8 Å². The van der Waals surface area contributed by atoms with Gasteiger partial charge in [0.05, 0.1) is 7.11 Å². The first-order valence-corrected chi connectivity index (χ1v) is 6.11. The topological polar surface area (TPSA) is 25.0 Å². The van der Waals surface area contributed by atoms with Gasteiger partial charge in [0.15, 0.2) is 0 Å². The first-order chi connectivity index (χ1) is 9.19. The molecule has 19 heavy (non-hydrogen) atoms. The third-order valence-corrected chi connectivity index (χ3v) is 3.40. The zero-order valence-electron chi connectivity index (χ0n) is 10.8. The molecule has 0 spiro atoms. The van der Waals surface area contributed by atoms with E-state index >= 15 is 0 Å². The maximum Gasteiger partial charge on any atom is 0.123 e. The number of benzene rings is 2. The van der Waals surface area contributed by atoms with E-state index < -0.39 is 0 Å². The van der Waals surface area contributed by atoms with Crippen LogP contribution >= 0.6 is 0 Å². The number of hydrogen-bond acceptors (Lipinski definition) is 1. The van der Waals surface area contributed by atoms with Crippen molar-refractivity contribution in [2.75, 3.05) is 7.11 Å². The normalized spacial score (nSPS) is 10.9. The lowest BCUT2D eigenvalue weighted by Gasteiger charge is -2.00. The highest BCUT2D eigenvalue weighted by Gasteiger charge is 2.10. The van der Waals surface area contributed by atoms with E-state index in [9.17, 15) is 4.39 Å². The molecule has 0 unspecified atom stereocenters. The fraction of sp³-hybridized carbons (Fsp3) is 0.125. The van der Waals surface area contributed by atoms with Gasteiger partial charge in [-0.05, 0) is 60.5 Å². The molecular formula is C16H14FNO. The number of ether oxygens (including phenoxy) is 1. The highest BCUT2D eigenvalue weighted by Crippen LogP contribution is 2.31. The largest absolute Gasteiger partial charge is 0.497 e. The third-order valence-electron chi connectivity index (χ3n) is 3.40. The SMILES string of the molecule is COc1ccc2[nH]c(-c3ccc(F)cc3)c(C)c2c1. The summed E-state index contributed by atoms with van der Waals surface area (Å²) in [6, 6.07) is 12.4. The van der Waals surface area contributed by atoms with Gasteiger partial charge < -0.3 is 9.72 Å². The van der Waals surface area contributed by atoms with E-state index in [2.05, 4.69) is 11.9 Å². The van der Waals surface area contributed by atoms with Gasteiger partial charge in [0.25, 0.3) is 0 Å². The molecule has 0 aliphatic carbocycles. The molecule has 2 aromatic carbocycles.